The van der Waals surface area contributed by atoms with Gasteiger partial charge in [-0.2, -0.15) is 0 Å². The highest BCUT2D eigenvalue weighted by molar-refractivity contribution is 5.76. The average molecular weight is 287 g/mol. The van der Waals surface area contributed by atoms with Gasteiger partial charge in [-0.15, -0.1) is 0 Å². The number of carbonyl (C=O) groups excluding carboxylic acids is 1. The zero-order chi connectivity index (χ0) is 14.7. The Labute approximate surface area is 126 Å². The molecule has 1 aromatic carbocycles. The Kier molecular flexibility index (Phi) is 4.44. The lowest BCUT2D eigenvalue weighted by Crippen LogP contribution is -2.49. The van der Waals surface area contributed by atoms with E-state index in [-0.39, 0.29) is 5.91 Å². The zero-order valence-electron chi connectivity index (χ0n) is 12.6. The molecule has 1 aliphatic heterocycles. The summed E-state index contributed by atoms with van der Waals surface area (Å²) in [5.74, 6) is 1.23. The zero-order valence-corrected chi connectivity index (χ0v) is 12.6. The summed E-state index contributed by atoms with van der Waals surface area (Å²) < 4.78 is 0. The molecular weight excluding hydrogens is 262 g/mol. The van der Waals surface area contributed by atoms with Gasteiger partial charge in [-0.25, -0.2) is 0 Å². The molecule has 2 aliphatic rings. The second kappa shape index (κ2) is 6.48. The summed E-state index contributed by atoms with van der Waals surface area (Å²) in [5, 5.41) is 0. The maximum absolute atomic E-state index is 12.3. The first-order valence-corrected chi connectivity index (χ1v) is 8.05. The molecule has 1 heterocycles. The largest absolute Gasteiger partial charge is 0.399 e. The van der Waals surface area contributed by atoms with E-state index in [1.54, 1.807) is 0 Å². The van der Waals surface area contributed by atoms with Gasteiger partial charge >= 0.3 is 0 Å². The highest BCUT2D eigenvalue weighted by Gasteiger charge is 2.27. The average Bonchev–Trinajstić information content (AvgIpc) is 3.31. The molecule has 0 atom stereocenters. The van der Waals surface area contributed by atoms with Crippen LogP contribution >= 0.6 is 0 Å². The number of hydrogen-bond donors (Lipinski definition) is 1. The minimum absolute atomic E-state index is 0.290. The number of nitrogens with zero attached hydrogens (tertiary/aromatic N) is 2. The van der Waals surface area contributed by atoms with Crippen LogP contribution in [0.15, 0.2) is 24.3 Å². The molecule has 1 aliphatic carbocycles. The summed E-state index contributed by atoms with van der Waals surface area (Å²) in [4.78, 5) is 16.8. The fraction of sp³-hybridized carbons (Fsp3) is 0.588. The van der Waals surface area contributed by atoms with Crippen molar-refractivity contribution in [1.29, 1.82) is 0 Å². The Bertz CT molecular complexity index is 473. The second-order valence-corrected chi connectivity index (χ2v) is 6.37. The highest BCUT2D eigenvalue weighted by atomic mass is 16.2. The van der Waals surface area contributed by atoms with Gasteiger partial charge in [-0.1, -0.05) is 12.1 Å². The molecule has 4 nitrogen and oxygen atoms in total. The van der Waals surface area contributed by atoms with Gasteiger partial charge in [-0.05, 0) is 42.9 Å². The fourth-order valence-electron chi connectivity index (χ4n) is 2.94. The molecule has 0 radical (unpaired) electrons. The van der Waals surface area contributed by atoms with Crippen LogP contribution < -0.4 is 5.73 Å². The van der Waals surface area contributed by atoms with Crippen molar-refractivity contribution in [3.8, 4) is 0 Å². The second-order valence-electron chi connectivity index (χ2n) is 6.37. The van der Waals surface area contributed by atoms with E-state index in [1.165, 1.54) is 24.9 Å². The number of hydrogen-bond acceptors (Lipinski definition) is 3. The van der Waals surface area contributed by atoms with Crippen LogP contribution in [0.3, 0.4) is 0 Å². The molecule has 4 heteroatoms. The summed E-state index contributed by atoms with van der Waals surface area (Å²) in [6, 6.07) is 7.82. The van der Waals surface area contributed by atoms with Crippen LogP contribution in [0.2, 0.25) is 0 Å². The molecule has 3 rings (SSSR count). The predicted molar refractivity (Wildman–Crippen MR) is 84.9 cm³/mol. The molecule has 0 bridgehead atoms. The Morgan fingerprint density at radius 1 is 1.10 bits per heavy atom. The molecule has 2 N–H and O–H groups in total. The molecule has 1 saturated heterocycles. The summed E-state index contributed by atoms with van der Waals surface area (Å²) in [6.07, 6.45) is 4.22. The van der Waals surface area contributed by atoms with Crippen molar-refractivity contribution in [3.63, 3.8) is 0 Å². The minimum atomic E-state index is 0.290. The Balaban J connectivity index is 1.40. The third kappa shape index (κ3) is 4.21. The van der Waals surface area contributed by atoms with Crippen molar-refractivity contribution >= 4 is 11.6 Å². The summed E-state index contributed by atoms with van der Waals surface area (Å²) >= 11 is 0. The Morgan fingerprint density at radius 2 is 1.76 bits per heavy atom. The monoisotopic (exact) mass is 287 g/mol. The van der Waals surface area contributed by atoms with Gasteiger partial charge in [0.1, 0.15) is 0 Å². The van der Waals surface area contributed by atoms with Crippen LogP contribution in [0.5, 0.6) is 0 Å². The number of aryl methyl sites for hydroxylation is 1. The fourth-order valence-corrected chi connectivity index (χ4v) is 2.94. The quantitative estimate of drug-likeness (QED) is 0.840. The molecule has 114 valence electrons. The normalized spacial score (nSPS) is 19.7. The SMILES string of the molecule is Nc1ccc(CCC(=O)N2CCN(CC3CC3)CC2)cc1. The van der Waals surface area contributed by atoms with Crippen LogP contribution in [0.25, 0.3) is 0 Å². The Morgan fingerprint density at radius 3 is 2.38 bits per heavy atom. The number of nitrogens with two attached hydrogens (primary N) is 1. The van der Waals surface area contributed by atoms with Gasteiger partial charge in [0.2, 0.25) is 5.91 Å². The van der Waals surface area contributed by atoms with E-state index in [2.05, 4.69) is 4.90 Å². The van der Waals surface area contributed by atoms with Crippen LogP contribution in [0.4, 0.5) is 5.69 Å². The minimum Gasteiger partial charge on any atom is -0.399 e. The van der Waals surface area contributed by atoms with Crippen LogP contribution in [-0.4, -0.2) is 48.4 Å². The maximum atomic E-state index is 12.3. The van der Waals surface area contributed by atoms with Gasteiger partial charge in [0.15, 0.2) is 0 Å². The van der Waals surface area contributed by atoms with E-state index in [1.807, 2.05) is 29.2 Å². The van der Waals surface area contributed by atoms with Crippen molar-refractivity contribution in [1.82, 2.24) is 9.80 Å². The van der Waals surface area contributed by atoms with E-state index in [0.29, 0.717) is 6.42 Å². The van der Waals surface area contributed by atoms with E-state index in [9.17, 15) is 4.79 Å². The van der Waals surface area contributed by atoms with E-state index in [4.69, 9.17) is 5.73 Å². The first kappa shape index (κ1) is 14.4. The lowest BCUT2D eigenvalue weighted by atomic mass is 10.1. The molecule has 21 heavy (non-hydrogen) atoms. The molecule has 1 aromatic rings. The van der Waals surface area contributed by atoms with Crippen molar-refractivity contribution in [2.45, 2.75) is 25.7 Å². The molecule has 1 amide bonds. The summed E-state index contributed by atoms with van der Waals surface area (Å²) in [5.41, 5.74) is 7.63. The summed E-state index contributed by atoms with van der Waals surface area (Å²) in [7, 11) is 0. The molecule has 2 fully saturated rings. The number of piperazine rings is 1. The summed E-state index contributed by atoms with van der Waals surface area (Å²) in [6.45, 7) is 5.13. The molecule has 0 unspecified atom stereocenters. The van der Waals surface area contributed by atoms with Gasteiger partial charge < -0.3 is 10.6 Å². The van der Waals surface area contributed by atoms with Gasteiger partial charge in [0.25, 0.3) is 0 Å². The van der Waals surface area contributed by atoms with Crippen molar-refractivity contribution in [3.05, 3.63) is 29.8 Å². The van der Waals surface area contributed by atoms with E-state index >= 15 is 0 Å². The van der Waals surface area contributed by atoms with Gasteiger partial charge in [-0.3, -0.25) is 9.69 Å². The number of amides is 1. The van der Waals surface area contributed by atoms with Gasteiger partial charge in [0, 0.05) is 44.8 Å². The first-order chi connectivity index (χ1) is 10.2. The maximum Gasteiger partial charge on any atom is 0.222 e. The van der Waals surface area contributed by atoms with Crippen LogP contribution in [0, 0.1) is 5.92 Å². The van der Waals surface area contributed by atoms with E-state index in [0.717, 1.165) is 44.2 Å². The standard InChI is InChI=1S/C17H25N3O/c18-16-6-3-14(4-7-16)5-8-17(21)20-11-9-19(10-12-20)13-15-1-2-15/h3-4,6-7,15H,1-2,5,8-13,18H2. The third-order valence-electron chi connectivity index (χ3n) is 4.55. The number of benzene rings is 1. The molecule has 1 saturated carbocycles. The van der Waals surface area contributed by atoms with Crippen LogP contribution in [0.1, 0.15) is 24.8 Å². The number of rotatable bonds is 5. The number of anilines is 1. The third-order valence-corrected chi connectivity index (χ3v) is 4.55. The van der Waals surface area contributed by atoms with Crippen molar-refractivity contribution in [2.24, 2.45) is 5.92 Å². The number of carbonyl (C=O) groups is 1. The molecule has 0 spiro atoms. The number of nitrogen functional groups attached to an aromatic ring is 1. The molecular formula is C17H25N3O. The first-order valence-electron chi connectivity index (χ1n) is 8.05. The lowest BCUT2D eigenvalue weighted by Gasteiger charge is -2.34. The van der Waals surface area contributed by atoms with Crippen LogP contribution in [-0.2, 0) is 11.2 Å². The molecule has 0 aromatic heterocycles. The highest BCUT2D eigenvalue weighted by Crippen LogP contribution is 2.29. The Hall–Kier alpha value is -1.55. The van der Waals surface area contributed by atoms with Crippen molar-refractivity contribution in [2.75, 3.05) is 38.5 Å². The van der Waals surface area contributed by atoms with E-state index < -0.39 is 0 Å². The lowest BCUT2D eigenvalue weighted by molar-refractivity contribution is -0.132. The van der Waals surface area contributed by atoms with Gasteiger partial charge in [0.05, 0.1) is 0 Å². The smallest absolute Gasteiger partial charge is 0.222 e. The predicted octanol–water partition coefficient (Wildman–Crippen LogP) is 1.76. The topological polar surface area (TPSA) is 49.6 Å². The van der Waals surface area contributed by atoms with Crippen molar-refractivity contribution < 1.29 is 4.79 Å².